The number of urea groups is 1. The third kappa shape index (κ3) is 4.70. The summed E-state index contributed by atoms with van der Waals surface area (Å²) in [6.07, 6.45) is 0.679. The van der Waals surface area contributed by atoms with E-state index >= 15 is 0 Å². The molecule has 0 bridgehead atoms. The molecule has 0 atom stereocenters. The van der Waals surface area contributed by atoms with E-state index in [-0.39, 0.29) is 23.7 Å². The Bertz CT molecular complexity index is 1010. The first-order chi connectivity index (χ1) is 14.0. The van der Waals surface area contributed by atoms with Crippen molar-refractivity contribution in [2.24, 2.45) is 0 Å². The topological polar surface area (TPSA) is 100 Å². The Morgan fingerprint density at radius 2 is 2.14 bits per heavy atom. The van der Waals surface area contributed by atoms with Crippen molar-refractivity contribution < 1.29 is 14.0 Å². The predicted molar refractivity (Wildman–Crippen MR) is 113 cm³/mol. The molecular formula is C19H21N5O3S2. The minimum atomic E-state index is -0.270. The molecule has 1 aliphatic heterocycles. The summed E-state index contributed by atoms with van der Waals surface area (Å²) in [5.74, 6) is 0.298. The van der Waals surface area contributed by atoms with Crippen LogP contribution in [0.5, 0.6) is 0 Å². The van der Waals surface area contributed by atoms with Crippen LogP contribution in [0.15, 0.2) is 33.9 Å². The van der Waals surface area contributed by atoms with Gasteiger partial charge in [0.15, 0.2) is 10.7 Å². The maximum atomic E-state index is 12.6. The summed E-state index contributed by atoms with van der Waals surface area (Å²) >= 11 is 2.72. The predicted octanol–water partition coefficient (Wildman–Crippen LogP) is 3.49. The Balaban J connectivity index is 1.34. The molecule has 2 aromatic heterocycles. The summed E-state index contributed by atoms with van der Waals surface area (Å²) < 4.78 is 5.66. The largest absolute Gasteiger partial charge is 0.431 e. The zero-order chi connectivity index (χ0) is 20.4. The summed E-state index contributed by atoms with van der Waals surface area (Å²) in [5.41, 5.74) is 2.46. The van der Waals surface area contributed by atoms with Crippen LogP contribution in [-0.4, -0.2) is 45.1 Å². The molecule has 8 nitrogen and oxygen atoms in total. The van der Waals surface area contributed by atoms with Gasteiger partial charge in [-0.05, 0) is 26.0 Å². The van der Waals surface area contributed by atoms with E-state index in [4.69, 9.17) is 4.42 Å². The number of nitrogens with zero attached hydrogens (tertiary/aromatic N) is 3. The number of hydrogen-bond acceptors (Lipinski definition) is 7. The SMILES string of the molecule is CC(C)NC(=O)Nc1nc2c(s1)CN(C(=O)CSc1nc3ccccc3o1)CC2. The molecule has 1 aromatic carbocycles. The van der Waals surface area contributed by atoms with Crippen LogP contribution in [0.25, 0.3) is 11.1 Å². The fourth-order valence-electron chi connectivity index (χ4n) is 2.98. The molecule has 0 unspecified atom stereocenters. The van der Waals surface area contributed by atoms with Crippen molar-refractivity contribution in [2.45, 2.75) is 38.1 Å². The van der Waals surface area contributed by atoms with Crippen molar-refractivity contribution in [3.05, 3.63) is 34.8 Å². The molecule has 10 heteroatoms. The van der Waals surface area contributed by atoms with Gasteiger partial charge in [-0.1, -0.05) is 35.2 Å². The number of thiazole rings is 1. The Morgan fingerprint density at radius 1 is 1.31 bits per heavy atom. The highest BCUT2D eigenvalue weighted by Gasteiger charge is 2.25. The number of thioether (sulfide) groups is 1. The Labute approximate surface area is 176 Å². The van der Waals surface area contributed by atoms with Gasteiger partial charge >= 0.3 is 6.03 Å². The molecule has 1 aliphatic rings. The van der Waals surface area contributed by atoms with Crippen molar-refractivity contribution in [3.8, 4) is 0 Å². The summed E-state index contributed by atoms with van der Waals surface area (Å²) in [6, 6.07) is 7.32. The molecule has 29 heavy (non-hydrogen) atoms. The number of hydrogen-bond donors (Lipinski definition) is 2. The lowest BCUT2D eigenvalue weighted by Gasteiger charge is -2.25. The van der Waals surface area contributed by atoms with Crippen molar-refractivity contribution in [1.82, 2.24) is 20.2 Å². The molecule has 0 spiro atoms. The van der Waals surface area contributed by atoms with Gasteiger partial charge in [0.05, 0.1) is 18.0 Å². The quantitative estimate of drug-likeness (QED) is 0.600. The first-order valence-electron chi connectivity index (χ1n) is 9.30. The molecule has 3 amide bonds. The maximum Gasteiger partial charge on any atom is 0.321 e. The number of oxazole rings is 1. The van der Waals surface area contributed by atoms with Crippen molar-refractivity contribution in [2.75, 3.05) is 17.6 Å². The summed E-state index contributed by atoms with van der Waals surface area (Å²) in [4.78, 5) is 36.2. The van der Waals surface area contributed by atoms with Crippen LogP contribution in [0.1, 0.15) is 24.4 Å². The summed E-state index contributed by atoms with van der Waals surface area (Å²) in [5, 5.41) is 6.59. The van der Waals surface area contributed by atoms with E-state index in [0.29, 0.717) is 29.9 Å². The monoisotopic (exact) mass is 431 g/mol. The highest BCUT2D eigenvalue weighted by atomic mass is 32.2. The first-order valence-corrected chi connectivity index (χ1v) is 11.1. The van der Waals surface area contributed by atoms with E-state index in [1.54, 1.807) is 0 Å². The van der Waals surface area contributed by atoms with Gasteiger partial charge < -0.3 is 14.6 Å². The highest BCUT2D eigenvalue weighted by molar-refractivity contribution is 7.99. The number of amides is 3. The second-order valence-corrected chi connectivity index (χ2v) is 8.95. The number of carbonyl (C=O) groups excluding carboxylic acids is 2. The van der Waals surface area contributed by atoms with E-state index in [1.807, 2.05) is 43.0 Å². The lowest BCUT2D eigenvalue weighted by atomic mass is 10.2. The van der Waals surface area contributed by atoms with Gasteiger partial charge in [-0.15, -0.1) is 0 Å². The molecule has 2 N–H and O–H groups in total. The third-order valence-corrected chi connectivity index (χ3v) is 6.13. The van der Waals surface area contributed by atoms with Gasteiger partial charge in [0.2, 0.25) is 5.91 Å². The molecule has 0 aliphatic carbocycles. The molecule has 0 saturated heterocycles. The fourth-order valence-corrected chi connectivity index (χ4v) is 4.74. The molecular weight excluding hydrogens is 410 g/mol. The standard InChI is InChI=1S/C19H21N5O3S2/c1-11(2)20-17(26)23-18-21-13-7-8-24(9-15(13)29-18)16(25)10-28-19-22-12-5-3-4-6-14(12)27-19/h3-6,11H,7-10H2,1-2H3,(H2,20,21,23,26). The van der Waals surface area contributed by atoms with Gasteiger partial charge in [0, 0.05) is 23.9 Å². The van der Waals surface area contributed by atoms with E-state index < -0.39 is 0 Å². The van der Waals surface area contributed by atoms with Gasteiger partial charge in [0.25, 0.3) is 5.22 Å². The third-order valence-electron chi connectivity index (χ3n) is 4.32. The van der Waals surface area contributed by atoms with Gasteiger partial charge in [-0.2, -0.15) is 0 Å². The van der Waals surface area contributed by atoms with E-state index in [2.05, 4.69) is 20.6 Å². The number of carbonyl (C=O) groups is 2. The number of aromatic nitrogens is 2. The first kappa shape index (κ1) is 19.7. The summed E-state index contributed by atoms with van der Waals surface area (Å²) in [7, 11) is 0. The smallest absolute Gasteiger partial charge is 0.321 e. The summed E-state index contributed by atoms with van der Waals surface area (Å²) in [6.45, 7) is 4.92. The van der Waals surface area contributed by atoms with Crippen LogP contribution >= 0.6 is 23.1 Å². The van der Waals surface area contributed by atoms with Crippen molar-refractivity contribution >= 4 is 51.3 Å². The van der Waals surface area contributed by atoms with E-state index in [1.165, 1.54) is 23.1 Å². The lowest BCUT2D eigenvalue weighted by Crippen LogP contribution is -2.36. The molecule has 3 heterocycles. The minimum Gasteiger partial charge on any atom is -0.431 e. The number of anilines is 1. The Kier molecular flexibility index (Phi) is 5.72. The molecule has 0 fully saturated rings. The fraction of sp³-hybridized carbons (Fsp3) is 0.368. The van der Waals surface area contributed by atoms with Crippen molar-refractivity contribution in [1.29, 1.82) is 0 Å². The Hall–Kier alpha value is -2.59. The maximum absolute atomic E-state index is 12.6. The highest BCUT2D eigenvalue weighted by Crippen LogP contribution is 2.29. The lowest BCUT2D eigenvalue weighted by molar-refractivity contribution is -0.129. The number of rotatable bonds is 5. The second-order valence-electron chi connectivity index (χ2n) is 6.94. The molecule has 0 radical (unpaired) electrons. The Morgan fingerprint density at radius 3 is 2.93 bits per heavy atom. The van der Waals surface area contributed by atoms with Crippen LogP contribution in [0.2, 0.25) is 0 Å². The van der Waals surface area contributed by atoms with E-state index in [0.717, 1.165) is 21.7 Å². The molecule has 0 saturated carbocycles. The van der Waals surface area contributed by atoms with Crippen LogP contribution in [-0.2, 0) is 17.8 Å². The minimum absolute atomic E-state index is 0.0309. The molecule has 3 aromatic rings. The van der Waals surface area contributed by atoms with Gasteiger partial charge in [-0.3, -0.25) is 10.1 Å². The van der Waals surface area contributed by atoms with Crippen LogP contribution < -0.4 is 10.6 Å². The number of para-hydroxylation sites is 2. The number of fused-ring (bicyclic) bond motifs is 2. The molecule has 152 valence electrons. The number of benzene rings is 1. The van der Waals surface area contributed by atoms with Gasteiger partial charge in [-0.25, -0.2) is 14.8 Å². The van der Waals surface area contributed by atoms with Crippen LogP contribution in [0.3, 0.4) is 0 Å². The normalized spacial score (nSPS) is 13.6. The van der Waals surface area contributed by atoms with Crippen molar-refractivity contribution in [3.63, 3.8) is 0 Å². The van der Waals surface area contributed by atoms with Gasteiger partial charge in [0.1, 0.15) is 5.52 Å². The zero-order valence-electron chi connectivity index (χ0n) is 16.1. The van der Waals surface area contributed by atoms with E-state index in [9.17, 15) is 9.59 Å². The average Bonchev–Trinajstić information content (AvgIpc) is 3.27. The number of nitrogens with one attached hydrogen (secondary N) is 2. The van der Waals surface area contributed by atoms with Crippen LogP contribution in [0, 0.1) is 0 Å². The zero-order valence-corrected chi connectivity index (χ0v) is 17.7. The average molecular weight is 432 g/mol. The van der Waals surface area contributed by atoms with Crippen LogP contribution in [0.4, 0.5) is 9.93 Å². The second kappa shape index (κ2) is 8.42. The molecule has 4 rings (SSSR count).